The number of benzene rings is 2. The van der Waals surface area contributed by atoms with Gasteiger partial charge in [0.1, 0.15) is 5.76 Å². The number of rotatable bonds is 3. The van der Waals surface area contributed by atoms with Crippen LogP contribution in [0.2, 0.25) is 0 Å². The standard InChI is InChI=1S/C20H18O3S/c1-12-5-8-17-16(9-12)19(22)15-7-6-14(10-18(15)24-17)20(23-11-21)13-3-2-4-13/h5-10,21H,2-4,11H2,1H3. The van der Waals surface area contributed by atoms with Crippen molar-refractivity contribution >= 4 is 37.3 Å². The molecular formula is C20H18O3S. The van der Waals surface area contributed by atoms with Crippen molar-refractivity contribution in [3.05, 3.63) is 63.3 Å². The number of ether oxygens (including phenoxy) is 1. The van der Waals surface area contributed by atoms with E-state index in [1.165, 1.54) is 12.0 Å². The second-order valence-corrected chi connectivity index (χ2v) is 7.29. The molecule has 1 N–H and O–H groups in total. The van der Waals surface area contributed by atoms with E-state index < -0.39 is 0 Å². The molecule has 0 bridgehead atoms. The monoisotopic (exact) mass is 338 g/mol. The lowest BCUT2D eigenvalue weighted by Crippen LogP contribution is -2.06. The van der Waals surface area contributed by atoms with Crippen molar-refractivity contribution < 1.29 is 9.84 Å². The zero-order chi connectivity index (χ0) is 16.7. The SMILES string of the molecule is Cc1ccc2sc3cc(C(OCO)=C4CCC4)ccc3c(=O)c2c1. The fourth-order valence-electron chi connectivity index (χ4n) is 3.14. The van der Waals surface area contributed by atoms with Crippen LogP contribution in [-0.2, 0) is 4.74 Å². The first-order valence-corrected chi connectivity index (χ1v) is 8.92. The van der Waals surface area contributed by atoms with Gasteiger partial charge in [0, 0.05) is 25.7 Å². The Hall–Kier alpha value is -2.17. The molecule has 0 aliphatic heterocycles. The van der Waals surface area contributed by atoms with Gasteiger partial charge in [0.25, 0.3) is 0 Å². The van der Waals surface area contributed by atoms with Gasteiger partial charge < -0.3 is 9.84 Å². The van der Waals surface area contributed by atoms with Crippen LogP contribution in [0.5, 0.6) is 0 Å². The highest BCUT2D eigenvalue weighted by Gasteiger charge is 2.18. The van der Waals surface area contributed by atoms with Crippen molar-refractivity contribution in [2.24, 2.45) is 0 Å². The quantitative estimate of drug-likeness (QED) is 0.432. The molecule has 1 aliphatic rings. The first kappa shape index (κ1) is 15.4. The molecule has 4 heteroatoms. The van der Waals surface area contributed by atoms with Gasteiger partial charge in [-0.25, -0.2) is 0 Å². The van der Waals surface area contributed by atoms with Crippen LogP contribution >= 0.6 is 11.3 Å². The van der Waals surface area contributed by atoms with E-state index in [4.69, 9.17) is 4.74 Å². The van der Waals surface area contributed by atoms with Gasteiger partial charge >= 0.3 is 0 Å². The fraction of sp³-hybridized carbons (Fsp3) is 0.250. The summed E-state index contributed by atoms with van der Waals surface area (Å²) in [4.78, 5) is 12.8. The molecule has 2 aromatic carbocycles. The summed E-state index contributed by atoms with van der Waals surface area (Å²) in [5.74, 6) is 0.773. The van der Waals surface area contributed by atoms with Gasteiger partial charge in [-0.05, 0) is 56.0 Å². The van der Waals surface area contributed by atoms with Crippen LogP contribution in [0, 0.1) is 6.92 Å². The Balaban J connectivity index is 1.94. The third-order valence-electron chi connectivity index (χ3n) is 4.58. The molecule has 1 aliphatic carbocycles. The van der Waals surface area contributed by atoms with Crippen molar-refractivity contribution in [2.45, 2.75) is 26.2 Å². The second-order valence-electron chi connectivity index (χ2n) is 6.20. The Morgan fingerprint density at radius 2 is 1.96 bits per heavy atom. The van der Waals surface area contributed by atoms with E-state index >= 15 is 0 Å². The molecule has 24 heavy (non-hydrogen) atoms. The van der Waals surface area contributed by atoms with Crippen molar-refractivity contribution in [1.29, 1.82) is 0 Å². The van der Waals surface area contributed by atoms with Crippen LogP contribution in [0.25, 0.3) is 25.9 Å². The first-order valence-electron chi connectivity index (χ1n) is 8.10. The largest absolute Gasteiger partial charge is 0.467 e. The molecule has 3 aromatic rings. The normalized spacial score (nSPS) is 14.0. The van der Waals surface area contributed by atoms with Gasteiger partial charge in [0.2, 0.25) is 0 Å². The Morgan fingerprint density at radius 1 is 1.12 bits per heavy atom. The van der Waals surface area contributed by atoms with E-state index in [9.17, 15) is 9.90 Å². The molecule has 0 atom stereocenters. The van der Waals surface area contributed by atoms with Gasteiger partial charge in [-0.15, -0.1) is 11.3 Å². The summed E-state index contributed by atoms with van der Waals surface area (Å²) in [6, 6.07) is 11.8. The third kappa shape index (κ3) is 2.52. The van der Waals surface area contributed by atoms with E-state index in [1.54, 1.807) is 11.3 Å². The molecular weight excluding hydrogens is 320 g/mol. The maximum Gasteiger partial charge on any atom is 0.195 e. The van der Waals surface area contributed by atoms with E-state index in [0.717, 1.165) is 49.9 Å². The summed E-state index contributed by atoms with van der Waals surface area (Å²) >= 11 is 1.62. The van der Waals surface area contributed by atoms with E-state index in [2.05, 4.69) is 0 Å². The van der Waals surface area contributed by atoms with E-state index in [-0.39, 0.29) is 12.2 Å². The van der Waals surface area contributed by atoms with Crippen LogP contribution in [0.4, 0.5) is 0 Å². The minimum absolute atomic E-state index is 0.0786. The number of aliphatic hydroxyl groups is 1. The highest BCUT2D eigenvalue weighted by Crippen LogP contribution is 2.36. The number of aliphatic hydroxyl groups excluding tert-OH is 1. The summed E-state index contributed by atoms with van der Waals surface area (Å²) in [5.41, 5.74) is 3.35. The Kier molecular flexibility index (Phi) is 3.87. The summed E-state index contributed by atoms with van der Waals surface area (Å²) < 4.78 is 7.42. The zero-order valence-corrected chi connectivity index (χ0v) is 14.3. The molecule has 1 saturated carbocycles. The molecule has 4 rings (SSSR count). The predicted molar refractivity (Wildman–Crippen MR) is 99.3 cm³/mol. The number of hydrogen-bond acceptors (Lipinski definition) is 4. The van der Waals surface area contributed by atoms with Crippen molar-refractivity contribution in [2.75, 3.05) is 6.79 Å². The lowest BCUT2D eigenvalue weighted by atomic mass is 9.89. The molecule has 0 spiro atoms. The van der Waals surface area contributed by atoms with Crippen LogP contribution in [0.15, 0.2) is 46.8 Å². The van der Waals surface area contributed by atoms with Crippen LogP contribution in [0.1, 0.15) is 30.4 Å². The summed E-state index contributed by atoms with van der Waals surface area (Å²) in [6.07, 6.45) is 3.19. The molecule has 0 unspecified atom stereocenters. The minimum atomic E-state index is -0.329. The van der Waals surface area contributed by atoms with Gasteiger partial charge in [-0.3, -0.25) is 4.79 Å². The second kappa shape index (κ2) is 6.04. The topological polar surface area (TPSA) is 46.5 Å². The Bertz CT molecular complexity index is 1020. The summed E-state index contributed by atoms with van der Waals surface area (Å²) in [6.45, 7) is 1.67. The Labute approximate surface area is 143 Å². The summed E-state index contributed by atoms with van der Waals surface area (Å²) in [5, 5.41) is 10.7. The molecule has 3 nitrogen and oxygen atoms in total. The fourth-order valence-corrected chi connectivity index (χ4v) is 4.24. The maximum atomic E-state index is 12.8. The molecule has 122 valence electrons. The molecule has 1 heterocycles. The number of aryl methyl sites for hydroxylation is 1. The highest BCUT2D eigenvalue weighted by molar-refractivity contribution is 7.24. The van der Waals surface area contributed by atoms with E-state index in [1.807, 2.05) is 43.3 Å². The van der Waals surface area contributed by atoms with Gasteiger partial charge in [0.05, 0.1) is 0 Å². The Morgan fingerprint density at radius 3 is 2.67 bits per heavy atom. The lowest BCUT2D eigenvalue weighted by Gasteiger charge is -2.22. The number of fused-ring (bicyclic) bond motifs is 2. The van der Waals surface area contributed by atoms with Gasteiger partial charge in [0.15, 0.2) is 12.2 Å². The van der Waals surface area contributed by atoms with Crippen LogP contribution < -0.4 is 5.43 Å². The van der Waals surface area contributed by atoms with Crippen LogP contribution in [0.3, 0.4) is 0 Å². The van der Waals surface area contributed by atoms with Crippen LogP contribution in [-0.4, -0.2) is 11.9 Å². The highest BCUT2D eigenvalue weighted by atomic mass is 32.1. The molecule has 1 aromatic heterocycles. The molecule has 0 saturated heterocycles. The van der Waals surface area contributed by atoms with Crippen molar-refractivity contribution in [3.63, 3.8) is 0 Å². The summed E-state index contributed by atoms with van der Waals surface area (Å²) in [7, 11) is 0. The predicted octanol–water partition coefficient (Wildman–Crippen LogP) is 4.58. The smallest absolute Gasteiger partial charge is 0.195 e. The van der Waals surface area contributed by atoms with Gasteiger partial charge in [-0.1, -0.05) is 17.7 Å². The lowest BCUT2D eigenvalue weighted by molar-refractivity contribution is 0.0730. The first-order chi connectivity index (χ1) is 11.7. The number of allylic oxidation sites excluding steroid dienone is 1. The molecule has 0 amide bonds. The van der Waals surface area contributed by atoms with E-state index in [0.29, 0.717) is 0 Å². The number of hydrogen-bond donors (Lipinski definition) is 1. The molecule has 0 radical (unpaired) electrons. The third-order valence-corrected chi connectivity index (χ3v) is 5.71. The van der Waals surface area contributed by atoms with Crippen molar-refractivity contribution in [3.8, 4) is 0 Å². The average molecular weight is 338 g/mol. The maximum absolute atomic E-state index is 12.8. The van der Waals surface area contributed by atoms with Gasteiger partial charge in [-0.2, -0.15) is 0 Å². The minimum Gasteiger partial charge on any atom is -0.467 e. The molecule has 1 fully saturated rings. The average Bonchev–Trinajstić information content (AvgIpc) is 2.53. The zero-order valence-electron chi connectivity index (χ0n) is 13.5. The van der Waals surface area contributed by atoms with Crippen molar-refractivity contribution in [1.82, 2.24) is 0 Å².